The molecule has 2 heterocycles. The fourth-order valence-electron chi connectivity index (χ4n) is 1.55. The van der Waals surface area contributed by atoms with Gasteiger partial charge >= 0.3 is 5.97 Å². The van der Waals surface area contributed by atoms with E-state index < -0.39 is 5.97 Å². The van der Waals surface area contributed by atoms with Gasteiger partial charge in [0, 0.05) is 22.4 Å². The second-order valence-electron chi connectivity index (χ2n) is 3.56. The first-order valence-electron chi connectivity index (χ1n) is 4.82. The molecule has 0 unspecified atom stereocenters. The Morgan fingerprint density at radius 3 is 2.76 bits per heavy atom. The number of halogens is 1. The van der Waals surface area contributed by atoms with Crippen LogP contribution in [-0.4, -0.2) is 21.2 Å². The van der Waals surface area contributed by atoms with Gasteiger partial charge in [-0.3, -0.25) is 4.98 Å². The van der Waals surface area contributed by atoms with E-state index in [1.165, 1.54) is 0 Å². The van der Waals surface area contributed by atoms with Crippen LogP contribution in [0.5, 0.6) is 0 Å². The first kappa shape index (κ1) is 11.8. The van der Waals surface area contributed by atoms with E-state index in [1.807, 2.05) is 6.92 Å². The van der Waals surface area contributed by atoms with E-state index in [9.17, 15) is 4.79 Å². The summed E-state index contributed by atoms with van der Waals surface area (Å²) in [6.07, 6.45) is 3.22. The molecular weight excluding hydrogens is 288 g/mol. The van der Waals surface area contributed by atoms with Gasteiger partial charge in [-0.25, -0.2) is 4.79 Å². The largest absolute Gasteiger partial charge is 0.477 e. The third-order valence-corrected chi connectivity index (χ3v) is 3.28. The minimum atomic E-state index is -1.06. The smallest absolute Gasteiger partial charge is 0.341 e. The summed E-state index contributed by atoms with van der Waals surface area (Å²) >= 11 is 3.34. The van der Waals surface area contributed by atoms with Crippen molar-refractivity contribution in [1.82, 2.24) is 10.1 Å². The maximum absolute atomic E-state index is 11.1. The molecule has 0 saturated heterocycles. The Labute approximate surface area is 106 Å². The fraction of sp³-hybridized carbons (Fsp3) is 0.182. The van der Waals surface area contributed by atoms with Crippen molar-refractivity contribution in [2.24, 2.45) is 0 Å². The van der Waals surface area contributed by atoms with Crippen LogP contribution < -0.4 is 0 Å². The van der Waals surface area contributed by atoms with Crippen molar-refractivity contribution < 1.29 is 14.4 Å². The molecule has 0 fully saturated rings. The van der Waals surface area contributed by atoms with Crippen molar-refractivity contribution in [3.05, 3.63) is 33.8 Å². The Morgan fingerprint density at radius 2 is 2.12 bits per heavy atom. The lowest BCUT2D eigenvalue weighted by molar-refractivity contribution is 0.0696. The summed E-state index contributed by atoms with van der Waals surface area (Å²) in [6.45, 7) is 3.43. The van der Waals surface area contributed by atoms with Gasteiger partial charge < -0.3 is 9.63 Å². The average molecular weight is 297 g/mol. The molecule has 2 aromatic heterocycles. The summed E-state index contributed by atoms with van der Waals surface area (Å²) in [7, 11) is 0. The lowest BCUT2D eigenvalue weighted by Gasteiger charge is -2.04. The number of aryl methyl sites for hydroxylation is 1. The zero-order valence-electron chi connectivity index (χ0n) is 9.19. The molecule has 1 N–H and O–H groups in total. The van der Waals surface area contributed by atoms with E-state index in [0.717, 1.165) is 10.0 Å². The van der Waals surface area contributed by atoms with Gasteiger partial charge in [-0.05, 0) is 35.3 Å². The minimum Gasteiger partial charge on any atom is -0.477 e. The predicted molar refractivity (Wildman–Crippen MR) is 63.9 cm³/mol. The molecule has 17 heavy (non-hydrogen) atoms. The van der Waals surface area contributed by atoms with Gasteiger partial charge in [0.1, 0.15) is 17.0 Å². The van der Waals surface area contributed by atoms with Crippen LogP contribution in [0.4, 0.5) is 0 Å². The van der Waals surface area contributed by atoms with Gasteiger partial charge in [-0.2, -0.15) is 0 Å². The van der Waals surface area contributed by atoms with Gasteiger partial charge in [-0.15, -0.1) is 0 Å². The maximum atomic E-state index is 11.1. The summed E-state index contributed by atoms with van der Waals surface area (Å²) in [6, 6.07) is 0. The third kappa shape index (κ3) is 1.95. The zero-order valence-corrected chi connectivity index (χ0v) is 10.8. The van der Waals surface area contributed by atoms with Gasteiger partial charge in [0.15, 0.2) is 0 Å². The number of aromatic nitrogens is 2. The van der Waals surface area contributed by atoms with Crippen molar-refractivity contribution in [3.8, 4) is 11.3 Å². The molecule has 6 heteroatoms. The molecule has 0 aliphatic carbocycles. The minimum absolute atomic E-state index is 0.0769. The van der Waals surface area contributed by atoms with E-state index in [0.29, 0.717) is 11.3 Å². The number of rotatable bonds is 2. The Bertz CT molecular complexity index is 592. The van der Waals surface area contributed by atoms with Crippen LogP contribution >= 0.6 is 15.9 Å². The summed E-state index contributed by atoms with van der Waals surface area (Å²) in [5.41, 5.74) is 1.90. The van der Waals surface area contributed by atoms with Crippen LogP contribution in [0, 0.1) is 13.8 Å². The monoisotopic (exact) mass is 296 g/mol. The number of carboxylic acid groups (broad SMARTS) is 1. The number of carbonyl (C=O) groups is 1. The zero-order chi connectivity index (χ0) is 12.6. The lowest BCUT2D eigenvalue weighted by atomic mass is 10.0. The van der Waals surface area contributed by atoms with Crippen LogP contribution in [0.1, 0.15) is 21.7 Å². The Kier molecular flexibility index (Phi) is 2.97. The Hall–Kier alpha value is -1.69. The van der Waals surface area contributed by atoms with Crippen molar-refractivity contribution in [2.45, 2.75) is 13.8 Å². The standard InChI is InChI=1S/C11H9BrN2O3/c1-5-7(3-13-4-8(5)12)10-9(11(15)16)6(2)17-14-10/h3-4H,1-2H3,(H,15,16). The van der Waals surface area contributed by atoms with Crippen LogP contribution in [0.15, 0.2) is 21.4 Å². The number of pyridine rings is 1. The van der Waals surface area contributed by atoms with Crippen LogP contribution in [0.25, 0.3) is 11.3 Å². The first-order valence-corrected chi connectivity index (χ1v) is 5.61. The molecule has 0 radical (unpaired) electrons. The topological polar surface area (TPSA) is 76.2 Å². The van der Waals surface area contributed by atoms with Gasteiger partial charge in [-0.1, -0.05) is 5.16 Å². The normalized spacial score (nSPS) is 10.5. The second-order valence-corrected chi connectivity index (χ2v) is 4.42. The van der Waals surface area contributed by atoms with Crippen molar-refractivity contribution in [3.63, 3.8) is 0 Å². The molecule has 0 aliphatic rings. The maximum Gasteiger partial charge on any atom is 0.341 e. The van der Waals surface area contributed by atoms with Crippen LogP contribution in [0.3, 0.4) is 0 Å². The summed E-state index contributed by atoms with van der Waals surface area (Å²) < 4.78 is 5.73. The summed E-state index contributed by atoms with van der Waals surface area (Å²) in [5.74, 6) is -0.773. The molecule has 0 aromatic carbocycles. The highest BCUT2D eigenvalue weighted by molar-refractivity contribution is 9.10. The number of aromatic carboxylic acids is 1. The highest BCUT2D eigenvalue weighted by Gasteiger charge is 2.22. The second kappa shape index (κ2) is 4.29. The van der Waals surface area contributed by atoms with Crippen molar-refractivity contribution in [2.75, 3.05) is 0 Å². The molecule has 2 rings (SSSR count). The highest BCUT2D eigenvalue weighted by atomic mass is 79.9. The van der Waals surface area contributed by atoms with E-state index in [2.05, 4.69) is 26.1 Å². The molecule has 5 nitrogen and oxygen atoms in total. The van der Waals surface area contributed by atoms with Crippen molar-refractivity contribution in [1.29, 1.82) is 0 Å². The van der Waals surface area contributed by atoms with Crippen LogP contribution in [0.2, 0.25) is 0 Å². The molecule has 0 amide bonds. The van der Waals surface area contributed by atoms with E-state index in [-0.39, 0.29) is 11.3 Å². The van der Waals surface area contributed by atoms with Gasteiger partial charge in [0.05, 0.1) is 0 Å². The molecule has 0 spiro atoms. The van der Waals surface area contributed by atoms with Gasteiger partial charge in [0.25, 0.3) is 0 Å². The number of hydrogen-bond acceptors (Lipinski definition) is 4. The number of carboxylic acids is 1. The molecular formula is C11H9BrN2O3. The fourth-order valence-corrected chi connectivity index (χ4v) is 1.88. The van der Waals surface area contributed by atoms with E-state index in [1.54, 1.807) is 19.3 Å². The number of nitrogens with zero attached hydrogens (tertiary/aromatic N) is 2. The van der Waals surface area contributed by atoms with Gasteiger partial charge in [0.2, 0.25) is 0 Å². The SMILES string of the molecule is Cc1onc(-c2cncc(Br)c2C)c1C(=O)O. The quantitative estimate of drug-likeness (QED) is 0.922. The summed E-state index contributed by atoms with van der Waals surface area (Å²) in [4.78, 5) is 15.2. The predicted octanol–water partition coefficient (Wildman–Crippen LogP) is 2.81. The molecule has 0 aliphatic heterocycles. The molecule has 88 valence electrons. The average Bonchev–Trinajstić information content (AvgIpc) is 2.64. The molecule has 2 aromatic rings. The van der Waals surface area contributed by atoms with Crippen LogP contribution in [-0.2, 0) is 0 Å². The molecule has 0 atom stereocenters. The number of hydrogen-bond donors (Lipinski definition) is 1. The van der Waals surface area contributed by atoms with Crippen molar-refractivity contribution >= 4 is 21.9 Å². The molecule has 0 bridgehead atoms. The highest BCUT2D eigenvalue weighted by Crippen LogP contribution is 2.30. The lowest BCUT2D eigenvalue weighted by Crippen LogP contribution is -2.00. The third-order valence-electron chi connectivity index (χ3n) is 2.49. The molecule has 0 saturated carbocycles. The summed E-state index contributed by atoms with van der Waals surface area (Å²) in [5, 5.41) is 12.9. The first-order chi connectivity index (χ1) is 8.02. The van der Waals surface area contributed by atoms with E-state index in [4.69, 9.17) is 9.63 Å². The Morgan fingerprint density at radius 1 is 1.41 bits per heavy atom. The Balaban J connectivity index is 2.69. The van der Waals surface area contributed by atoms with E-state index >= 15 is 0 Å².